The average molecular weight is 312 g/mol. The van der Waals surface area contributed by atoms with E-state index >= 15 is 0 Å². The lowest BCUT2D eigenvalue weighted by atomic mass is 10.2. The highest BCUT2D eigenvalue weighted by molar-refractivity contribution is 5.91. The van der Waals surface area contributed by atoms with Crippen molar-refractivity contribution in [1.82, 2.24) is 9.97 Å². The highest BCUT2D eigenvalue weighted by atomic mass is 16.5. The molecule has 1 aliphatic rings. The third kappa shape index (κ3) is 4.50. The van der Waals surface area contributed by atoms with Crippen LogP contribution >= 0.6 is 0 Å². The zero-order valence-electron chi connectivity index (χ0n) is 12.9. The normalized spacial score (nSPS) is 14.0. The average Bonchev–Trinajstić information content (AvgIpc) is 3.11. The van der Waals surface area contributed by atoms with Crippen LogP contribution in [0, 0.1) is 0 Å². The number of benzene rings is 1. The number of carbonyl (C=O) groups is 1. The van der Waals surface area contributed by atoms with Gasteiger partial charge in [-0.3, -0.25) is 4.79 Å². The number of nitrogens with one attached hydrogen (secondary N) is 1. The van der Waals surface area contributed by atoms with Crippen LogP contribution in [0.1, 0.15) is 18.4 Å². The molecule has 1 N–H and O–H groups in total. The molecule has 1 aromatic carbocycles. The summed E-state index contributed by atoms with van der Waals surface area (Å²) in [5.74, 6) is 0.513. The van der Waals surface area contributed by atoms with E-state index in [-0.39, 0.29) is 12.5 Å². The molecule has 0 spiro atoms. The highest BCUT2D eigenvalue weighted by Gasteiger charge is 2.14. The first-order valence-corrected chi connectivity index (χ1v) is 7.80. The Hall–Kier alpha value is -2.47. The van der Waals surface area contributed by atoms with Crippen molar-refractivity contribution in [3.63, 3.8) is 0 Å². The number of nitrogens with zero attached hydrogens (tertiary/aromatic N) is 3. The number of aromatic nitrogens is 2. The maximum absolute atomic E-state index is 11.8. The monoisotopic (exact) mass is 312 g/mol. The first-order valence-electron chi connectivity index (χ1n) is 7.80. The van der Waals surface area contributed by atoms with Crippen LogP contribution < -0.4 is 10.2 Å². The van der Waals surface area contributed by atoms with E-state index in [9.17, 15) is 4.79 Å². The summed E-state index contributed by atoms with van der Waals surface area (Å²) in [7, 11) is 0. The Kier molecular flexibility index (Phi) is 5.16. The van der Waals surface area contributed by atoms with Crippen molar-refractivity contribution >= 4 is 17.5 Å². The van der Waals surface area contributed by atoms with Gasteiger partial charge in [0.15, 0.2) is 0 Å². The SMILES string of the molecule is O=C(COCc1ccccc1)Nc1cnc(N2CCCC2)nc1. The Morgan fingerprint density at radius 1 is 1.13 bits per heavy atom. The molecular weight excluding hydrogens is 292 g/mol. The Balaban J connectivity index is 1.44. The lowest BCUT2D eigenvalue weighted by molar-refractivity contribution is -0.121. The standard InChI is InChI=1S/C17H20N4O2/c22-16(13-23-12-14-6-2-1-3-7-14)20-15-10-18-17(19-11-15)21-8-4-5-9-21/h1-3,6-7,10-11H,4-5,8-9,12-13H2,(H,20,22). The first kappa shape index (κ1) is 15.4. The van der Waals surface area contributed by atoms with Gasteiger partial charge >= 0.3 is 0 Å². The van der Waals surface area contributed by atoms with E-state index in [0.717, 1.165) is 24.6 Å². The molecule has 2 heterocycles. The lowest BCUT2D eigenvalue weighted by Crippen LogP contribution is -2.21. The van der Waals surface area contributed by atoms with Crippen LogP contribution in [0.25, 0.3) is 0 Å². The predicted molar refractivity (Wildman–Crippen MR) is 88.2 cm³/mol. The van der Waals surface area contributed by atoms with Crippen molar-refractivity contribution in [1.29, 1.82) is 0 Å². The Morgan fingerprint density at radius 3 is 2.52 bits per heavy atom. The number of ether oxygens (including phenoxy) is 1. The van der Waals surface area contributed by atoms with Gasteiger partial charge in [0.25, 0.3) is 0 Å². The summed E-state index contributed by atoms with van der Waals surface area (Å²) in [5, 5.41) is 2.74. The molecule has 0 bridgehead atoms. The number of hydrogen-bond acceptors (Lipinski definition) is 5. The molecule has 1 amide bonds. The van der Waals surface area contributed by atoms with Crippen molar-refractivity contribution in [3.05, 3.63) is 48.3 Å². The van der Waals surface area contributed by atoms with E-state index in [2.05, 4.69) is 20.2 Å². The molecule has 120 valence electrons. The van der Waals surface area contributed by atoms with E-state index < -0.39 is 0 Å². The van der Waals surface area contributed by atoms with Crippen LogP contribution in [0.5, 0.6) is 0 Å². The maximum Gasteiger partial charge on any atom is 0.250 e. The minimum atomic E-state index is -0.210. The van der Waals surface area contributed by atoms with Gasteiger partial charge < -0.3 is 15.0 Å². The highest BCUT2D eigenvalue weighted by Crippen LogP contribution is 2.16. The predicted octanol–water partition coefficient (Wildman–Crippen LogP) is 2.23. The van der Waals surface area contributed by atoms with Gasteiger partial charge in [-0.2, -0.15) is 0 Å². The smallest absolute Gasteiger partial charge is 0.250 e. The van der Waals surface area contributed by atoms with Gasteiger partial charge in [-0.1, -0.05) is 30.3 Å². The quantitative estimate of drug-likeness (QED) is 0.886. The van der Waals surface area contributed by atoms with Crippen LogP contribution in [0.4, 0.5) is 11.6 Å². The van der Waals surface area contributed by atoms with E-state index in [4.69, 9.17) is 4.74 Å². The number of rotatable bonds is 6. The molecular formula is C17H20N4O2. The molecule has 0 atom stereocenters. The fourth-order valence-corrected chi connectivity index (χ4v) is 2.50. The second-order valence-corrected chi connectivity index (χ2v) is 5.49. The molecule has 1 saturated heterocycles. The maximum atomic E-state index is 11.8. The van der Waals surface area contributed by atoms with E-state index in [1.165, 1.54) is 12.8 Å². The summed E-state index contributed by atoms with van der Waals surface area (Å²) in [5.41, 5.74) is 1.62. The van der Waals surface area contributed by atoms with Crippen molar-refractivity contribution in [2.45, 2.75) is 19.4 Å². The van der Waals surface area contributed by atoms with Crippen LogP contribution in [0.15, 0.2) is 42.7 Å². The molecule has 1 fully saturated rings. The molecule has 23 heavy (non-hydrogen) atoms. The molecule has 0 aliphatic carbocycles. The number of anilines is 2. The second-order valence-electron chi connectivity index (χ2n) is 5.49. The molecule has 0 unspecified atom stereocenters. The first-order chi connectivity index (χ1) is 11.3. The molecule has 6 nitrogen and oxygen atoms in total. The molecule has 6 heteroatoms. The summed E-state index contributed by atoms with van der Waals surface area (Å²) in [6.07, 6.45) is 5.63. The van der Waals surface area contributed by atoms with Crippen molar-refractivity contribution in [3.8, 4) is 0 Å². The second kappa shape index (κ2) is 7.69. The van der Waals surface area contributed by atoms with Gasteiger partial charge in [-0.05, 0) is 18.4 Å². The van der Waals surface area contributed by atoms with Gasteiger partial charge in [0.1, 0.15) is 6.61 Å². The fraction of sp³-hybridized carbons (Fsp3) is 0.353. The van der Waals surface area contributed by atoms with Crippen LogP contribution in [0.2, 0.25) is 0 Å². The van der Waals surface area contributed by atoms with Gasteiger partial charge in [0.05, 0.1) is 24.7 Å². The third-order valence-electron chi connectivity index (χ3n) is 3.66. The number of carbonyl (C=O) groups excluding carboxylic acids is 1. The molecule has 1 aromatic heterocycles. The molecule has 1 aliphatic heterocycles. The Labute approximate surface area is 135 Å². The lowest BCUT2D eigenvalue weighted by Gasteiger charge is -2.14. The van der Waals surface area contributed by atoms with Gasteiger partial charge in [0.2, 0.25) is 11.9 Å². The van der Waals surface area contributed by atoms with Crippen molar-refractivity contribution in [2.24, 2.45) is 0 Å². The summed E-state index contributed by atoms with van der Waals surface area (Å²) in [6, 6.07) is 9.75. The summed E-state index contributed by atoms with van der Waals surface area (Å²) in [4.78, 5) is 22.6. The van der Waals surface area contributed by atoms with Gasteiger partial charge in [-0.25, -0.2) is 9.97 Å². The van der Waals surface area contributed by atoms with Gasteiger partial charge in [0, 0.05) is 13.1 Å². The fourth-order valence-electron chi connectivity index (χ4n) is 2.50. The van der Waals surface area contributed by atoms with E-state index in [1.54, 1.807) is 12.4 Å². The summed E-state index contributed by atoms with van der Waals surface area (Å²) < 4.78 is 5.40. The van der Waals surface area contributed by atoms with Crippen LogP contribution in [-0.2, 0) is 16.1 Å². The third-order valence-corrected chi connectivity index (χ3v) is 3.66. The minimum absolute atomic E-state index is 0.00275. The summed E-state index contributed by atoms with van der Waals surface area (Å²) >= 11 is 0. The van der Waals surface area contributed by atoms with Crippen LogP contribution in [-0.4, -0.2) is 35.6 Å². The van der Waals surface area contributed by atoms with Crippen LogP contribution in [0.3, 0.4) is 0 Å². The molecule has 0 radical (unpaired) electrons. The van der Waals surface area contributed by atoms with Crippen molar-refractivity contribution in [2.75, 3.05) is 29.9 Å². The minimum Gasteiger partial charge on any atom is -0.367 e. The molecule has 2 aromatic rings. The number of amides is 1. The van der Waals surface area contributed by atoms with Gasteiger partial charge in [-0.15, -0.1) is 0 Å². The Bertz CT molecular complexity index is 625. The number of hydrogen-bond donors (Lipinski definition) is 1. The zero-order chi connectivity index (χ0) is 15.9. The van der Waals surface area contributed by atoms with Crippen molar-refractivity contribution < 1.29 is 9.53 Å². The Morgan fingerprint density at radius 2 is 1.83 bits per heavy atom. The topological polar surface area (TPSA) is 67.3 Å². The molecule has 3 rings (SSSR count). The summed E-state index contributed by atoms with van der Waals surface area (Å²) in [6.45, 7) is 2.42. The molecule has 0 saturated carbocycles. The van der Waals surface area contributed by atoms with E-state index in [1.807, 2.05) is 30.3 Å². The zero-order valence-corrected chi connectivity index (χ0v) is 12.9. The largest absolute Gasteiger partial charge is 0.367 e. The van der Waals surface area contributed by atoms with E-state index in [0.29, 0.717) is 12.3 Å².